The van der Waals surface area contributed by atoms with E-state index in [1.807, 2.05) is 5.21 Å². The number of ether oxygens (including phenoxy) is 1. The Labute approximate surface area is 99.2 Å². The normalized spacial score (nSPS) is 10.1. The smallest absolute Gasteiger partial charge is 0.366 e. The molecule has 0 amide bonds. The third-order valence-electron chi connectivity index (χ3n) is 1.98. The number of benzene rings is 1. The van der Waals surface area contributed by atoms with E-state index in [4.69, 9.17) is 5.11 Å². The fourth-order valence-corrected chi connectivity index (χ4v) is 1.20. The first kappa shape index (κ1) is 11.7. The maximum Gasteiger partial charge on any atom is 0.366 e. The van der Waals surface area contributed by atoms with E-state index < -0.39 is 29.1 Å². The first-order valence-corrected chi connectivity index (χ1v) is 4.70. The Kier molecular flexibility index (Phi) is 3.00. The van der Waals surface area contributed by atoms with Gasteiger partial charge in [-0.05, 0) is 12.1 Å². The molecule has 0 fully saturated rings. The number of H-pyrrole nitrogens is 1. The van der Waals surface area contributed by atoms with Crippen molar-refractivity contribution in [2.24, 2.45) is 0 Å². The number of hydrogen-bond donors (Lipinski definition) is 2. The largest absolute Gasteiger partial charge is 0.476 e. The molecule has 2 aromatic rings. The molecule has 0 saturated heterocycles. The second-order valence-corrected chi connectivity index (χ2v) is 3.15. The van der Waals surface area contributed by atoms with Gasteiger partial charge in [0.05, 0.1) is 0 Å². The molecule has 0 unspecified atom stereocenters. The molecule has 0 atom stereocenters. The molecule has 1 heterocycles. The van der Waals surface area contributed by atoms with E-state index in [1.54, 1.807) is 0 Å². The zero-order valence-corrected chi connectivity index (χ0v) is 8.75. The van der Waals surface area contributed by atoms with Gasteiger partial charge in [0.25, 0.3) is 0 Å². The van der Waals surface area contributed by atoms with Crippen molar-refractivity contribution in [2.75, 3.05) is 0 Å². The Bertz CT molecular complexity index is 611. The Morgan fingerprint density at radius 2 is 1.89 bits per heavy atom. The number of halogens is 1. The van der Waals surface area contributed by atoms with Gasteiger partial charge in [-0.1, -0.05) is 12.1 Å². The third kappa shape index (κ3) is 2.17. The number of rotatable bonds is 3. The van der Waals surface area contributed by atoms with Crippen LogP contribution in [0.3, 0.4) is 0 Å². The van der Waals surface area contributed by atoms with Gasteiger partial charge in [0.15, 0.2) is 11.6 Å². The van der Waals surface area contributed by atoms with Crippen LogP contribution in [0.15, 0.2) is 24.3 Å². The summed E-state index contributed by atoms with van der Waals surface area (Å²) in [6.07, 6.45) is 0. The number of hydrogen-bond acceptors (Lipinski definition) is 5. The van der Waals surface area contributed by atoms with Crippen molar-refractivity contribution in [1.82, 2.24) is 15.4 Å². The zero-order valence-electron chi connectivity index (χ0n) is 8.75. The van der Waals surface area contributed by atoms with Crippen LogP contribution in [0, 0.1) is 5.82 Å². The highest BCUT2D eigenvalue weighted by Crippen LogP contribution is 2.17. The fourth-order valence-electron chi connectivity index (χ4n) is 1.20. The number of carbonyl (C=O) groups is 2. The number of carboxylic acids is 1. The summed E-state index contributed by atoms with van der Waals surface area (Å²) in [5.41, 5.74) is -1.11. The lowest BCUT2D eigenvalue weighted by Crippen LogP contribution is -2.14. The van der Waals surface area contributed by atoms with Crippen LogP contribution in [0.5, 0.6) is 5.75 Å². The van der Waals surface area contributed by atoms with E-state index in [-0.39, 0.29) is 5.75 Å². The molecule has 0 saturated carbocycles. The highest BCUT2D eigenvalue weighted by Gasteiger charge is 2.24. The van der Waals surface area contributed by atoms with Gasteiger partial charge in [-0.3, -0.25) is 0 Å². The number of esters is 1. The van der Waals surface area contributed by atoms with Crippen molar-refractivity contribution in [2.45, 2.75) is 0 Å². The topological polar surface area (TPSA) is 105 Å². The fraction of sp³-hybridized carbons (Fsp3) is 0. The zero-order chi connectivity index (χ0) is 13.1. The van der Waals surface area contributed by atoms with Gasteiger partial charge in [-0.15, -0.1) is 10.2 Å². The Morgan fingerprint density at radius 1 is 1.22 bits per heavy atom. The van der Waals surface area contributed by atoms with Crippen molar-refractivity contribution >= 4 is 11.9 Å². The summed E-state index contributed by atoms with van der Waals surface area (Å²) >= 11 is 0. The first-order chi connectivity index (χ1) is 8.59. The van der Waals surface area contributed by atoms with Crippen molar-refractivity contribution in [3.63, 3.8) is 0 Å². The summed E-state index contributed by atoms with van der Waals surface area (Å²) < 4.78 is 17.9. The minimum absolute atomic E-state index is 0.318. The maximum absolute atomic E-state index is 13.2. The average molecular weight is 251 g/mol. The standard InChI is InChI=1S/C10H6FN3O4/c11-5-3-1-2-4-6(5)18-10(17)8-7(9(15)16)12-14-13-8/h1-4H,(H,15,16)(H,12,13,14). The molecule has 7 nitrogen and oxygen atoms in total. The van der Waals surface area contributed by atoms with Crippen LogP contribution in [0.4, 0.5) is 4.39 Å². The first-order valence-electron chi connectivity index (χ1n) is 4.70. The highest BCUT2D eigenvalue weighted by molar-refractivity contribution is 6.00. The van der Waals surface area contributed by atoms with Crippen molar-refractivity contribution < 1.29 is 23.8 Å². The average Bonchev–Trinajstić information content (AvgIpc) is 2.81. The lowest BCUT2D eigenvalue weighted by Gasteiger charge is -2.02. The summed E-state index contributed by atoms with van der Waals surface area (Å²) in [4.78, 5) is 22.3. The Hall–Kier alpha value is -2.77. The molecular weight excluding hydrogens is 245 g/mol. The van der Waals surface area contributed by atoms with E-state index in [0.717, 1.165) is 6.07 Å². The van der Waals surface area contributed by atoms with Gasteiger partial charge < -0.3 is 9.84 Å². The van der Waals surface area contributed by atoms with Crippen LogP contribution < -0.4 is 4.74 Å². The van der Waals surface area contributed by atoms with Gasteiger partial charge in [0, 0.05) is 0 Å². The number of para-hydroxylation sites is 1. The summed E-state index contributed by atoms with van der Waals surface area (Å²) in [5, 5.41) is 17.3. The van der Waals surface area contributed by atoms with Gasteiger partial charge in [0.2, 0.25) is 11.4 Å². The van der Waals surface area contributed by atoms with Crippen LogP contribution in [-0.4, -0.2) is 32.5 Å². The number of carboxylic acid groups (broad SMARTS) is 1. The van der Waals surface area contributed by atoms with E-state index in [1.165, 1.54) is 18.2 Å². The number of aromatic amines is 1. The summed E-state index contributed by atoms with van der Waals surface area (Å²) in [7, 11) is 0. The second kappa shape index (κ2) is 4.62. The van der Waals surface area contributed by atoms with Gasteiger partial charge in [-0.25, -0.2) is 14.0 Å². The molecule has 1 aromatic heterocycles. The number of aromatic carboxylic acids is 1. The summed E-state index contributed by atoms with van der Waals surface area (Å²) in [6, 6.07) is 5.22. The van der Waals surface area contributed by atoms with Gasteiger partial charge in [-0.2, -0.15) is 5.21 Å². The van der Waals surface area contributed by atoms with Gasteiger partial charge in [0.1, 0.15) is 0 Å². The van der Waals surface area contributed by atoms with Crippen molar-refractivity contribution in [1.29, 1.82) is 0 Å². The molecule has 2 rings (SSSR count). The molecule has 92 valence electrons. The molecule has 2 N–H and O–H groups in total. The number of nitrogens with one attached hydrogen (secondary N) is 1. The van der Waals surface area contributed by atoms with E-state index >= 15 is 0 Å². The van der Waals surface area contributed by atoms with Crippen molar-refractivity contribution in [3.05, 3.63) is 41.5 Å². The monoisotopic (exact) mass is 251 g/mol. The lowest BCUT2D eigenvalue weighted by atomic mass is 10.3. The molecule has 0 bridgehead atoms. The molecule has 0 aliphatic rings. The Balaban J connectivity index is 2.25. The molecule has 8 heteroatoms. The summed E-state index contributed by atoms with van der Waals surface area (Å²) in [6.45, 7) is 0. The van der Waals surface area contributed by atoms with Crippen molar-refractivity contribution in [3.8, 4) is 5.75 Å². The summed E-state index contributed by atoms with van der Waals surface area (Å²) in [5.74, 6) is -3.61. The molecule has 1 aromatic carbocycles. The van der Waals surface area contributed by atoms with Gasteiger partial charge >= 0.3 is 11.9 Å². The molecule has 18 heavy (non-hydrogen) atoms. The van der Waals surface area contributed by atoms with Crippen LogP contribution in [0.2, 0.25) is 0 Å². The van der Waals surface area contributed by atoms with E-state index in [2.05, 4.69) is 14.9 Å². The molecular formula is C10H6FN3O4. The van der Waals surface area contributed by atoms with Crippen LogP contribution in [-0.2, 0) is 0 Å². The number of carbonyl (C=O) groups excluding carboxylic acids is 1. The van der Waals surface area contributed by atoms with E-state index in [9.17, 15) is 14.0 Å². The SMILES string of the molecule is O=C(O)c1n[nH]nc1C(=O)Oc1ccccc1F. The van der Waals surface area contributed by atoms with E-state index in [0.29, 0.717) is 0 Å². The predicted octanol–water partition coefficient (Wildman–Crippen LogP) is 0.861. The molecule has 0 aliphatic heterocycles. The minimum atomic E-state index is -1.44. The maximum atomic E-state index is 13.2. The predicted molar refractivity (Wildman–Crippen MR) is 54.7 cm³/mol. The minimum Gasteiger partial charge on any atom is -0.476 e. The van der Waals surface area contributed by atoms with Crippen LogP contribution in [0.1, 0.15) is 21.0 Å². The molecule has 0 spiro atoms. The molecule has 0 radical (unpaired) electrons. The molecule has 0 aliphatic carbocycles. The Morgan fingerprint density at radius 3 is 2.56 bits per heavy atom. The number of aromatic nitrogens is 3. The van der Waals surface area contributed by atoms with Crippen LogP contribution >= 0.6 is 0 Å². The lowest BCUT2D eigenvalue weighted by molar-refractivity contribution is 0.0659. The highest BCUT2D eigenvalue weighted by atomic mass is 19.1. The quantitative estimate of drug-likeness (QED) is 0.619. The third-order valence-corrected chi connectivity index (χ3v) is 1.98. The van der Waals surface area contributed by atoms with Crippen LogP contribution in [0.25, 0.3) is 0 Å². The second-order valence-electron chi connectivity index (χ2n) is 3.15. The number of nitrogens with zero attached hydrogens (tertiary/aromatic N) is 2.